The molecule has 1 aromatic rings. The molecule has 0 unspecified atom stereocenters. The molecular formula is C15H26N4O. The van der Waals surface area contributed by atoms with Crippen LogP contribution in [0.1, 0.15) is 39.4 Å². The lowest BCUT2D eigenvalue weighted by Gasteiger charge is -2.38. The molecule has 5 nitrogen and oxygen atoms in total. The standard InChI is InChI=1S/C15H26N4O/c1-5-16-12-9-14(18-13(17-12)10-20-4)19-8-6-7-15(2,3)11-19/h9H,5-8,10-11H2,1-4H3,(H,16,17,18). The highest BCUT2D eigenvalue weighted by Crippen LogP contribution is 2.31. The Balaban J connectivity index is 2.24. The molecule has 0 spiro atoms. The van der Waals surface area contributed by atoms with E-state index >= 15 is 0 Å². The molecule has 112 valence electrons. The monoisotopic (exact) mass is 278 g/mol. The highest BCUT2D eigenvalue weighted by atomic mass is 16.5. The zero-order valence-electron chi connectivity index (χ0n) is 13.1. The van der Waals surface area contributed by atoms with Crippen molar-refractivity contribution in [3.8, 4) is 0 Å². The maximum absolute atomic E-state index is 5.17. The van der Waals surface area contributed by atoms with E-state index in [4.69, 9.17) is 4.74 Å². The first-order valence-corrected chi connectivity index (χ1v) is 7.40. The molecule has 2 heterocycles. The van der Waals surface area contributed by atoms with Gasteiger partial charge in [0, 0.05) is 32.8 Å². The Hall–Kier alpha value is -1.36. The van der Waals surface area contributed by atoms with Gasteiger partial charge in [-0.15, -0.1) is 0 Å². The second kappa shape index (κ2) is 6.39. The van der Waals surface area contributed by atoms with E-state index in [1.165, 1.54) is 12.8 Å². The maximum atomic E-state index is 5.17. The summed E-state index contributed by atoms with van der Waals surface area (Å²) >= 11 is 0. The summed E-state index contributed by atoms with van der Waals surface area (Å²) in [6, 6.07) is 2.05. The van der Waals surface area contributed by atoms with Gasteiger partial charge in [0.15, 0.2) is 5.82 Å². The number of nitrogens with one attached hydrogen (secondary N) is 1. The second-order valence-electron chi connectivity index (χ2n) is 6.18. The average Bonchev–Trinajstić information content (AvgIpc) is 2.38. The lowest BCUT2D eigenvalue weighted by molar-refractivity contribution is 0.178. The summed E-state index contributed by atoms with van der Waals surface area (Å²) in [6.45, 7) is 10.1. The van der Waals surface area contributed by atoms with Gasteiger partial charge < -0.3 is 15.0 Å². The third-order valence-electron chi connectivity index (χ3n) is 3.61. The van der Waals surface area contributed by atoms with Gasteiger partial charge in [-0.05, 0) is 25.2 Å². The molecule has 0 saturated carbocycles. The molecule has 1 fully saturated rings. The fourth-order valence-electron chi connectivity index (χ4n) is 2.73. The van der Waals surface area contributed by atoms with E-state index in [9.17, 15) is 0 Å². The van der Waals surface area contributed by atoms with Gasteiger partial charge in [-0.25, -0.2) is 9.97 Å². The van der Waals surface area contributed by atoms with Crippen LogP contribution in [0.4, 0.5) is 11.6 Å². The second-order valence-corrected chi connectivity index (χ2v) is 6.18. The molecule has 1 saturated heterocycles. The van der Waals surface area contributed by atoms with Crippen molar-refractivity contribution < 1.29 is 4.74 Å². The Kier molecular flexibility index (Phi) is 4.81. The van der Waals surface area contributed by atoms with Crippen LogP contribution in [0.2, 0.25) is 0 Å². The number of aromatic nitrogens is 2. The summed E-state index contributed by atoms with van der Waals surface area (Å²) in [6.07, 6.45) is 2.49. The van der Waals surface area contributed by atoms with Crippen molar-refractivity contribution in [2.24, 2.45) is 5.41 Å². The average molecular weight is 278 g/mol. The van der Waals surface area contributed by atoms with E-state index < -0.39 is 0 Å². The highest BCUT2D eigenvalue weighted by Gasteiger charge is 2.27. The lowest BCUT2D eigenvalue weighted by atomic mass is 9.84. The van der Waals surface area contributed by atoms with Crippen LogP contribution in [0.15, 0.2) is 6.07 Å². The van der Waals surface area contributed by atoms with Crippen molar-refractivity contribution in [1.29, 1.82) is 0 Å². The molecule has 1 aliphatic rings. The van der Waals surface area contributed by atoms with Gasteiger partial charge in [-0.3, -0.25) is 0 Å². The minimum atomic E-state index is 0.350. The van der Waals surface area contributed by atoms with Crippen LogP contribution in [-0.4, -0.2) is 36.7 Å². The SMILES string of the molecule is CCNc1cc(N2CCCC(C)(C)C2)nc(COC)n1. The third kappa shape index (κ3) is 3.82. The zero-order chi connectivity index (χ0) is 14.6. The molecule has 0 aliphatic carbocycles. The predicted octanol–water partition coefficient (Wildman–Crippen LogP) is 2.68. The highest BCUT2D eigenvalue weighted by molar-refractivity contribution is 5.50. The number of ether oxygens (including phenoxy) is 1. The summed E-state index contributed by atoms with van der Waals surface area (Å²) in [5.41, 5.74) is 0.350. The van der Waals surface area contributed by atoms with E-state index in [-0.39, 0.29) is 0 Å². The smallest absolute Gasteiger partial charge is 0.158 e. The van der Waals surface area contributed by atoms with Crippen molar-refractivity contribution >= 4 is 11.6 Å². The number of methoxy groups -OCH3 is 1. The van der Waals surface area contributed by atoms with Gasteiger partial charge in [0.25, 0.3) is 0 Å². The van der Waals surface area contributed by atoms with E-state index in [2.05, 4.69) is 41.0 Å². The summed E-state index contributed by atoms with van der Waals surface area (Å²) in [4.78, 5) is 11.5. The topological polar surface area (TPSA) is 50.3 Å². The molecule has 0 radical (unpaired) electrons. The molecule has 5 heteroatoms. The van der Waals surface area contributed by atoms with Crippen LogP contribution < -0.4 is 10.2 Å². The van der Waals surface area contributed by atoms with Crippen LogP contribution in [0.3, 0.4) is 0 Å². The Bertz CT molecular complexity index is 423. The van der Waals surface area contributed by atoms with Gasteiger partial charge in [0.05, 0.1) is 0 Å². The Morgan fingerprint density at radius 1 is 1.40 bits per heavy atom. The van der Waals surface area contributed by atoms with Crippen LogP contribution in [0.25, 0.3) is 0 Å². The first kappa shape index (κ1) is 15.0. The molecule has 0 bridgehead atoms. The van der Waals surface area contributed by atoms with Gasteiger partial charge in [0.2, 0.25) is 0 Å². The molecule has 20 heavy (non-hydrogen) atoms. The van der Waals surface area contributed by atoms with Crippen molar-refractivity contribution in [2.75, 3.05) is 37.0 Å². The van der Waals surface area contributed by atoms with Gasteiger partial charge >= 0.3 is 0 Å². The summed E-state index contributed by atoms with van der Waals surface area (Å²) in [5, 5.41) is 3.27. The third-order valence-corrected chi connectivity index (χ3v) is 3.61. The van der Waals surface area contributed by atoms with E-state index in [1.807, 2.05) is 6.07 Å². The number of anilines is 2. The molecule has 0 amide bonds. The van der Waals surface area contributed by atoms with E-state index in [0.717, 1.165) is 37.1 Å². The first-order valence-electron chi connectivity index (χ1n) is 7.40. The Morgan fingerprint density at radius 3 is 2.85 bits per heavy atom. The van der Waals surface area contributed by atoms with E-state index in [1.54, 1.807) is 7.11 Å². The normalized spacial score (nSPS) is 18.1. The summed E-state index contributed by atoms with van der Waals surface area (Å²) in [7, 11) is 1.67. The number of hydrogen-bond donors (Lipinski definition) is 1. The van der Waals surface area contributed by atoms with Crippen molar-refractivity contribution in [3.63, 3.8) is 0 Å². The predicted molar refractivity (Wildman–Crippen MR) is 82.1 cm³/mol. The molecule has 1 aromatic heterocycles. The molecule has 1 aliphatic heterocycles. The minimum absolute atomic E-state index is 0.350. The van der Waals surface area contributed by atoms with Crippen molar-refractivity contribution in [1.82, 2.24) is 9.97 Å². The number of piperidine rings is 1. The summed E-state index contributed by atoms with van der Waals surface area (Å²) in [5.74, 6) is 2.63. The van der Waals surface area contributed by atoms with E-state index in [0.29, 0.717) is 12.0 Å². The van der Waals surface area contributed by atoms with Crippen LogP contribution in [-0.2, 0) is 11.3 Å². The minimum Gasteiger partial charge on any atom is -0.377 e. The van der Waals surface area contributed by atoms with Crippen LogP contribution in [0, 0.1) is 5.41 Å². The molecule has 0 atom stereocenters. The van der Waals surface area contributed by atoms with Crippen LogP contribution in [0.5, 0.6) is 0 Å². The molecule has 0 aromatic carbocycles. The van der Waals surface area contributed by atoms with Crippen molar-refractivity contribution in [3.05, 3.63) is 11.9 Å². The first-order chi connectivity index (χ1) is 9.54. The fraction of sp³-hybridized carbons (Fsp3) is 0.733. The number of rotatable bonds is 5. The lowest BCUT2D eigenvalue weighted by Crippen LogP contribution is -2.40. The van der Waals surface area contributed by atoms with Gasteiger partial charge in [-0.2, -0.15) is 0 Å². The largest absolute Gasteiger partial charge is 0.377 e. The van der Waals surface area contributed by atoms with Crippen LogP contribution >= 0.6 is 0 Å². The maximum Gasteiger partial charge on any atom is 0.158 e. The van der Waals surface area contributed by atoms with Gasteiger partial charge in [0.1, 0.15) is 18.2 Å². The molecule has 2 rings (SSSR count). The summed E-state index contributed by atoms with van der Waals surface area (Å²) < 4.78 is 5.17. The Labute approximate surface area is 121 Å². The quantitative estimate of drug-likeness (QED) is 0.897. The van der Waals surface area contributed by atoms with Crippen molar-refractivity contribution in [2.45, 2.75) is 40.2 Å². The molecule has 1 N–H and O–H groups in total. The zero-order valence-corrected chi connectivity index (χ0v) is 13.1. The van der Waals surface area contributed by atoms with Gasteiger partial charge in [-0.1, -0.05) is 13.8 Å². The Morgan fingerprint density at radius 2 is 2.20 bits per heavy atom. The number of hydrogen-bond acceptors (Lipinski definition) is 5. The molecular weight excluding hydrogens is 252 g/mol. The number of nitrogens with zero attached hydrogens (tertiary/aromatic N) is 3. The fourth-order valence-corrected chi connectivity index (χ4v) is 2.73.